The molecule has 0 radical (unpaired) electrons. The molecule has 2 N–H and O–H groups in total. The fraction of sp³-hybridized carbons (Fsp3) is 0.238. The second kappa shape index (κ2) is 7.67. The monoisotopic (exact) mass is 412 g/mol. The quantitative estimate of drug-likeness (QED) is 0.664. The van der Waals surface area contributed by atoms with Gasteiger partial charge in [0, 0.05) is 23.3 Å². The first-order valence-corrected chi connectivity index (χ1v) is 9.54. The van der Waals surface area contributed by atoms with E-state index in [1.165, 1.54) is 0 Å². The predicted octanol–water partition coefficient (Wildman–Crippen LogP) is 3.99. The molecule has 0 saturated carbocycles. The number of benzene rings is 2. The van der Waals surface area contributed by atoms with Gasteiger partial charge in [-0.1, -0.05) is 17.7 Å². The Morgan fingerprint density at radius 1 is 1.17 bits per heavy atom. The van der Waals surface area contributed by atoms with Crippen molar-refractivity contribution < 1.29 is 14.3 Å². The Labute approximate surface area is 173 Å². The summed E-state index contributed by atoms with van der Waals surface area (Å²) >= 11 is 5.92. The second-order valence-electron chi connectivity index (χ2n) is 7.27. The summed E-state index contributed by atoms with van der Waals surface area (Å²) in [6.45, 7) is 4.44. The van der Waals surface area contributed by atoms with Crippen LogP contribution in [0, 0.1) is 0 Å². The first-order chi connectivity index (χ1) is 13.9. The Morgan fingerprint density at radius 3 is 2.72 bits per heavy atom. The van der Waals surface area contributed by atoms with Crippen molar-refractivity contribution in [3.8, 4) is 17.2 Å². The van der Waals surface area contributed by atoms with Gasteiger partial charge in [0.25, 0.3) is 0 Å². The molecule has 0 atom stereocenters. The first-order valence-electron chi connectivity index (χ1n) is 9.16. The highest BCUT2D eigenvalue weighted by atomic mass is 35.5. The number of halogens is 1. The summed E-state index contributed by atoms with van der Waals surface area (Å²) in [5, 5.41) is 10.9. The van der Waals surface area contributed by atoms with Gasteiger partial charge in [-0.3, -0.25) is 0 Å². The Balaban J connectivity index is 1.35. The molecule has 7 nitrogen and oxygen atoms in total. The Kier molecular flexibility index (Phi) is 5.07. The number of hydrogen-bond donors (Lipinski definition) is 2. The number of rotatable bonds is 5. The Bertz CT molecular complexity index is 1030. The van der Waals surface area contributed by atoms with Crippen molar-refractivity contribution in [2.24, 2.45) is 0 Å². The molecule has 150 valence electrons. The third-order valence-corrected chi connectivity index (χ3v) is 4.95. The van der Waals surface area contributed by atoms with E-state index < -0.39 is 5.54 Å². The molecular formula is C21H21ClN4O3. The highest BCUT2D eigenvalue weighted by molar-refractivity contribution is 6.30. The standard InChI is InChI=1S/C21H21ClN4O3/c1-21(2,15-3-8-18-19(9-15)29-13-28-18)25-20(27)23-10-14-11-24-26(12-14)17-6-4-16(22)5-7-17/h3-9,11-12H,10,13H2,1-2H3,(H2,23,25,27). The average Bonchev–Trinajstić information content (AvgIpc) is 3.35. The van der Waals surface area contributed by atoms with E-state index in [9.17, 15) is 4.79 Å². The van der Waals surface area contributed by atoms with Gasteiger partial charge in [0.1, 0.15) is 0 Å². The molecule has 0 spiro atoms. The normalized spacial score (nSPS) is 12.7. The fourth-order valence-electron chi connectivity index (χ4n) is 3.05. The van der Waals surface area contributed by atoms with Gasteiger partial charge in [0.05, 0.1) is 17.4 Å². The van der Waals surface area contributed by atoms with Crippen molar-refractivity contribution in [2.75, 3.05) is 6.79 Å². The molecule has 8 heteroatoms. The van der Waals surface area contributed by atoms with E-state index in [4.69, 9.17) is 21.1 Å². The second-order valence-corrected chi connectivity index (χ2v) is 7.71. The minimum atomic E-state index is -0.585. The number of fused-ring (bicyclic) bond motifs is 1. The van der Waals surface area contributed by atoms with Crippen LogP contribution in [0.25, 0.3) is 5.69 Å². The van der Waals surface area contributed by atoms with Crippen LogP contribution in [0.2, 0.25) is 5.02 Å². The van der Waals surface area contributed by atoms with E-state index in [1.807, 2.05) is 62.5 Å². The van der Waals surface area contributed by atoms with Gasteiger partial charge in [0.2, 0.25) is 6.79 Å². The predicted molar refractivity (Wildman–Crippen MR) is 110 cm³/mol. The van der Waals surface area contributed by atoms with E-state index in [0.717, 1.165) is 16.8 Å². The topological polar surface area (TPSA) is 77.4 Å². The molecule has 1 aliphatic rings. The Hall–Kier alpha value is -3.19. The Morgan fingerprint density at radius 2 is 1.93 bits per heavy atom. The van der Waals surface area contributed by atoms with E-state index in [1.54, 1.807) is 10.9 Å². The van der Waals surface area contributed by atoms with Crippen LogP contribution in [-0.4, -0.2) is 22.6 Å². The zero-order valence-electron chi connectivity index (χ0n) is 16.1. The zero-order valence-corrected chi connectivity index (χ0v) is 16.9. The van der Waals surface area contributed by atoms with Gasteiger partial charge in [-0.25, -0.2) is 9.48 Å². The molecule has 29 heavy (non-hydrogen) atoms. The van der Waals surface area contributed by atoms with Crippen LogP contribution in [0.15, 0.2) is 54.9 Å². The van der Waals surface area contributed by atoms with Crippen molar-refractivity contribution >= 4 is 17.6 Å². The van der Waals surface area contributed by atoms with Gasteiger partial charge in [-0.15, -0.1) is 0 Å². The molecule has 0 aliphatic carbocycles. The van der Waals surface area contributed by atoms with Crippen molar-refractivity contribution in [3.05, 3.63) is 71.0 Å². The highest BCUT2D eigenvalue weighted by Crippen LogP contribution is 2.35. The minimum Gasteiger partial charge on any atom is -0.454 e. The summed E-state index contributed by atoms with van der Waals surface area (Å²) in [6.07, 6.45) is 3.59. The SMILES string of the molecule is CC(C)(NC(=O)NCc1cnn(-c2ccc(Cl)cc2)c1)c1ccc2c(c1)OCO2. The molecule has 0 fully saturated rings. The van der Waals surface area contributed by atoms with E-state index >= 15 is 0 Å². The van der Waals surface area contributed by atoms with Gasteiger partial charge >= 0.3 is 6.03 Å². The summed E-state index contributed by atoms with van der Waals surface area (Å²) < 4.78 is 12.5. The maximum atomic E-state index is 12.4. The van der Waals surface area contributed by atoms with Gasteiger partial charge in [-0.05, 0) is 55.8 Å². The average molecular weight is 413 g/mol. The van der Waals surface area contributed by atoms with Gasteiger partial charge in [-0.2, -0.15) is 5.10 Å². The van der Waals surface area contributed by atoms with Crippen LogP contribution in [0.1, 0.15) is 25.0 Å². The van der Waals surface area contributed by atoms with Crippen LogP contribution >= 0.6 is 11.6 Å². The number of nitrogens with one attached hydrogen (secondary N) is 2. The highest BCUT2D eigenvalue weighted by Gasteiger charge is 2.25. The lowest BCUT2D eigenvalue weighted by atomic mass is 9.94. The lowest BCUT2D eigenvalue weighted by Gasteiger charge is -2.27. The van der Waals surface area contributed by atoms with Crippen LogP contribution in [0.5, 0.6) is 11.5 Å². The smallest absolute Gasteiger partial charge is 0.315 e. The number of hydrogen-bond acceptors (Lipinski definition) is 4. The molecule has 2 heterocycles. The van der Waals surface area contributed by atoms with Crippen LogP contribution < -0.4 is 20.1 Å². The first kappa shape index (κ1) is 19.1. The van der Waals surface area contributed by atoms with E-state index in [-0.39, 0.29) is 12.8 Å². The molecule has 1 aliphatic heterocycles. The number of aromatic nitrogens is 2. The van der Waals surface area contributed by atoms with Crippen molar-refractivity contribution in [1.82, 2.24) is 20.4 Å². The number of ether oxygens (including phenoxy) is 2. The number of urea groups is 1. The summed E-state index contributed by atoms with van der Waals surface area (Å²) in [5.74, 6) is 1.40. The molecular weight excluding hydrogens is 392 g/mol. The summed E-state index contributed by atoms with van der Waals surface area (Å²) in [4.78, 5) is 12.4. The molecule has 4 rings (SSSR count). The molecule has 1 aromatic heterocycles. The summed E-state index contributed by atoms with van der Waals surface area (Å²) in [5.41, 5.74) is 2.12. The molecule has 0 unspecified atom stereocenters. The molecule has 2 amide bonds. The third-order valence-electron chi connectivity index (χ3n) is 4.70. The van der Waals surface area contributed by atoms with Crippen LogP contribution in [0.3, 0.4) is 0 Å². The van der Waals surface area contributed by atoms with E-state index in [2.05, 4.69) is 15.7 Å². The lowest BCUT2D eigenvalue weighted by Crippen LogP contribution is -2.46. The van der Waals surface area contributed by atoms with Crippen LogP contribution in [-0.2, 0) is 12.1 Å². The molecule has 0 saturated heterocycles. The summed E-state index contributed by atoms with van der Waals surface area (Å²) in [6, 6.07) is 12.8. The fourth-order valence-corrected chi connectivity index (χ4v) is 3.18. The van der Waals surface area contributed by atoms with Crippen molar-refractivity contribution in [1.29, 1.82) is 0 Å². The molecule has 0 bridgehead atoms. The zero-order chi connectivity index (χ0) is 20.4. The maximum absolute atomic E-state index is 12.4. The van der Waals surface area contributed by atoms with E-state index in [0.29, 0.717) is 23.1 Å². The van der Waals surface area contributed by atoms with Crippen molar-refractivity contribution in [3.63, 3.8) is 0 Å². The number of amides is 2. The minimum absolute atomic E-state index is 0.219. The molecule has 3 aromatic rings. The number of carbonyl (C=O) groups is 1. The summed E-state index contributed by atoms with van der Waals surface area (Å²) in [7, 11) is 0. The lowest BCUT2D eigenvalue weighted by molar-refractivity contribution is 0.174. The molecule has 2 aromatic carbocycles. The van der Waals surface area contributed by atoms with Gasteiger partial charge in [0.15, 0.2) is 11.5 Å². The third kappa shape index (κ3) is 4.30. The van der Waals surface area contributed by atoms with Crippen molar-refractivity contribution in [2.45, 2.75) is 25.9 Å². The maximum Gasteiger partial charge on any atom is 0.315 e. The number of carbonyl (C=O) groups excluding carboxylic acids is 1. The van der Waals surface area contributed by atoms with Gasteiger partial charge < -0.3 is 20.1 Å². The van der Waals surface area contributed by atoms with Crippen LogP contribution in [0.4, 0.5) is 4.79 Å². The largest absolute Gasteiger partial charge is 0.454 e. The number of nitrogens with zero attached hydrogens (tertiary/aromatic N) is 2.